The fraction of sp³-hybridized carbons (Fsp3) is 0.600. The van der Waals surface area contributed by atoms with Gasteiger partial charge in [-0.1, -0.05) is 6.92 Å². The maximum absolute atomic E-state index is 5.93. The first-order valence-corrected chi connectivity index (χ1v) is 5.52. The van der Waals surface area contributed by atoms with Gasteiger partial charge in [0.2, 0.25) is 5.28 Å². The van der Waals surface area contributed by atoms with Crippen LogP contribution in [0.25, 0.3) is 0 Å². The minimum atomic E-state index is 0.256. The fourth-order valence-corrected chi connectivity index (χ4v) is 1.66. The van der Waals surface area contributed by atoms with E-state index in [4.69, 9.17) is 17.3 Å². The van der Waals surface area contributed by atoms with Crippen LogP contribution in [-0.4, -0.2) is 23.1 Å². The summed E-state index contributed by atoms with van der Waals surface area (Å²) in [4.78, 5) is 10.3. The number of rotatable bonds is 4. The predicted octanol–water partition coefficient (Wildman–Crippen LogP) is 2.26. The van der Waals surface area contributed by atoms with Gasteiger partial charge in [-0.2, -0.15) is 4.98 Å². The zero-order valence-corrected chi connectivity index (χ0v) is 10.2. The van der Waals surface area contributed by atoms with E-state index in [-0.39, 0.29) is 5.28 Å². The van der Waals surface area contributed by atoms with E-state index >= 15 is 0 Å². The highest BCUT2D eigenvalue weighted by molar-refractivity contribution is 6.28. The molecular weight excluding hydrogens is 212 g/mol. The molecule has 1 heterocycles. The van der Waals surface area contributed by atoms with E-state index in [9.17, 15) is 0 Å². The molecule has 2 N–H and O–H groups in total. The highest BCUT2D eigenvalue weighted by Gasteiger charge is 2.12. The normalized spacial score (nSPS) is 10.4. The maximum Gasteiger partial charge on any atom is 0.224 e. The first-order chi connectivity index (χ1) is 7.10. The molecule has 0 saturated carbocycles. The van der Waals surface area contributed by atoms with Crippen molar-refractivity contribution in [2.45, 2.75) is 27.2 Å². The van der Waals surface area contributed by atoms with Crippen LogP contribution in [0.2, 0.25) is 5.28 Å². The van der Waals surface area contributed by atoms with Crippen LogP contribution in [-0.2, 0) is 0 Å². The number of halogens is 1. The lowest BCUT2D eigenvalue weighted by atomic mass is 10.3. The Morgan fingerprint density at radius 2 is 2.00 bits per heavy atom. The number of hydrogen-bond acceptors (Lipinski definition) is 4. The van der Waals surface area contributed by atoms with Crippen molar-refractivity contribution >= 4 is 23.1 Å². The average Bonchev–Trinajstić information content (AvgIpc) is 2.20. The molecular formula is C10H17ClN4. The number of hydrogen-bond donors (Lipinski definition) is 1. The standard InChI is InChI=1S/C10H17ClN4/c1-4-6-15(5-2)9-8(12)7(3)13-10(11)14-9/h4-6,12H2,1-3H3. The van der Waals surface area contributed by atoms with Crippen molar-refractivity contribution in [3.05, 3.63) is 11.0 Å². The first-order valence-electron chi connectivity index (χ1n) is 5.14. The van der Waals surface area contributed by atoms with Crippen molar-refractivity contribution < 1.29 is 0 Å². The summed E-state index contributed by atoms with van der Waals surface area (Å²) in [5.74, 6) is 0.747. The molecule has 0 fully saturated rings. The Hall–Kier alpha value is -1.03. The zero-order chi connectivity index (χ0) is 11.4. The molecule has 0 aliphatic rings. The predicted molar refractivity (Wildman–Crippen MR) is 64.4 cm³/mol. The Kier molecular flexibility index (Phi) is 4.15. The SMILES string of the molecule is CCCN(CC)c1nc(Cl)nc(C)c1N. The van der Waals surface area contributed by atoms with Crippen molar-refractivity contribution in [1.82, 2.24) is 9.97 Å². The average molecular weight is 229 g/mol. The van der Waals surface area contributed by atoms with Gasteiger partial charge in [-0.15, -0.1) is 0 Å². The smallest absolute Gasteiger partial charge is 0.224 e. The van der Waals surface area contributed by atoms with Crippen LogP contribution in [0.15, 0.2) is 0 Å². The molecule has 0 bridgehead atoms. The van der Waals surface area contributed by atoms with Crippen LogP contribution < -0.4 is 10.6 Å². The molecule has 0 aliphatic heterocycles. The molecule has 0 unspecified atom stereocenters. The molecule has 1 rings (SSSR count). The number of anilines is 2. The van der Waals surface area contributed by atoms with Gasteiger partial charge in [0.15, 0.2) is 5.82 Å². The van der Waals surface area contributed by atoms with E-state index in [2.05, 4.69) is 28.7 Å². The third-order valence-electron chi connectivity index (χ3n) is 2.26. The Labute approximate surface area is 95.5 Å². The van der Waals surface area contributed by atoms with Gasteiger partial charge in [0.25, 0.3) is 0 Å². The van der Waals surface area contributed by atoms with E-state index in [0.717, 1.165) is 31.0 Å². The molecule has 1 aromatic rings. The molecule has 4 nitrogen and oxygen atoms in total. The number of nitrogens with zero attached hydrogens (tertiary/aromatic N) is 3. The Morgan fingerprint density at radius 3 is 2.53 bits per heavy atom. The molecule has 0 aromatic carbocycles. The van der Waals surface area contributed by atoms with Gasteiger partial charge in [0.1, 0.15) is 0 Å². The van der Waals surface area contributed by atoms with Gasteiger partial charge in [0.05, 0.1) is 11.4 Å². The molecule has 0 amide bonds. The Bertz CT molecular complexity index is 340. The molecule has 0 spiro atoms. The van der Waals surface area contributed by atoms with Gasteiger partial charge in [-0.3, -0.25) is 0 Å². The van der Waals surface area contributed by atoms with E-state index in [1.165, 1.54) is 0 Å². The summed E-state index contributed by atoms with van der Waals surface area (Å²) >= 11 is 5.82. The third kappa shape index (κ3) is 2.72. The van der Waals surface area contributed by atoms with Crippen LogP contribution in [0.4, 0.5) is 11.5 Å². The van der Waals surface area contributed by atoms with Crippen LogP contribution in [0.1, 0.15) is 26.0 Å². The van der Waals surface area contributed by atoms with E-state index < -0.39 is 0 Å². The zero-order valence-electron chi connectivity index (χ0n) is 9.42. The first kappa shape index (κ1) is 12.0. The highest BCUT2D eigenvalue weighted by atomic mass is 35.5. The Morgan fingerprint density at radius 1 is 1.33 bits per heavy atom. The minimum absolute atomic E-state index is 0.256. The monoisotopic (exact) mass is 228 g/mol. The molecule has 0 aliphatic carbocycles. The van der Waals surface area contributed by atoms with E-state index in [1.807, 2.05) is 6.92 Å². The molecule has 1 aromatic heterocycles. The maximum atomic E-state index is 5.93. The molecule has 5 heteroatoms. The van der Waals surface area contributed by atoms with E-state index in [1.54, 1.807) is 0 Å². The van der Waals surface area contributed by atoms with Crippen LogP contribution in [0.3, 0.4) is 0 Å². The van der Waals surface area contributed by atoms with Gasteiger partial charge in [0, 0.05) is 13.1 Å². The fourth-order valence-electron chi connectivity index (χ4n) is 1.46. The molecule has 0 radical (unpaired) electrons. The Balaban J connectivity index is 3.10. The van der Waals surface area contributed by atoms with Crippen molar-refractivity contribution in [3.8, 4) is 0 Å². The topological polar surface area (TPSA) is 55.0 Å². The van der Waals surface area contributed by atoms with Gasteiger partial charge in [-0.05, 0) is 31.9 Å². The summed E-state index contributed by atoms with van der Waals surface area (Å²) in [5.41, 5.74) is 7.29. The molecule has 0 atom stereocenters. The van der Waals surface area contributed by atoms with Gasteiger partial charge < -0.3 is 10.6 Å². The van der Waals surface area contributed by atoms with Crippen molar-refractivity contribution in [3.63, 3.8) is 0 Å². The second kappa shape index (κ2) is 5.16. The molecule has 84 valence electrons. The summed E-state index contributed by atoms with van der Waals surface area (Å²) in [7, 11) is 0. The summed E-state index contributed by atoms with van der Waals surface area (Å²) in [6, 6.07) is 0. The van der Waals surface area contributed by atoms with Crippen molar-refractivity contribution in [1.29, 1.82) is 0 Å². The quantitative estimate of drug-likeness (QED) is 0.804. The highest BCUT2D eigenvalue weighted by Crippen LogP contribution is 2.24. The summed E-state index contributed by atoms with van der Waals surface area (Å²) in [5, 5.41) is 0.256. The van der Waals surface area contributed by atoms with Gasteiger partial charge >= 0.3 is 0 Å². The van der Waals surface area contributed by atoms with Gasteiger partial charge in [-0.25, -0.2) is 4.98 Å². The van der Waals surface area contributed by atoms with Crippen LogP contribution in [0, 0.1) is 6.92 Å². The lowest BCUT2D eigenvalue weighted by molar-refractivity contribution is 0.776. The lowest BCUT2D eigenvalue weighted by Gasteiger charge is -2.23. The van der Waals surface area contributed by atoms with Crippen molar-refractivity contribution in [2.24, 2.45) is 0 Å². The molecule has 0 saturated heterocycles. The van der Waals surface area contributed by atoms with E-state index in [0.29, 0.717) is 5.69 Å². The molecule has 15 heavy (non-hydrogen) atoms. The van der Waals surface area contributed by atoms with Crippen molar-refractivity contribution in [2.75, 3.05) is 23.7 Å². The second-order valence-electron chi connectivity index (χ2n) is 3.39. The minimum Gasteiger partial charge on any atom is -0.394 e. The second-order valence-corrected chi connectivity index (χ2v) is 3.73. The number of aryl methyl sites for hydroxylation is 1. The lowest BCUT2D eigenvalue weighted by Crippen LogP contribution is -2.26. The van der Waals surface area contributed by atoms with Crippen LogP contribution >= 0.6 is 11.6 Å². The summed E-state index contributed by atoms with van der Waals surface area (Å²) in [6.45, 7) is 7.82. The van der Waals surface area contributed by atoms with Crippen LogP contribution in [0.5, 0.6) is 0 Å². The largest absolute Gasteiger partial charge is 0.394 e. The summed E-state index contributed by atoms with van der Waals surface area (Å²) in [6.07, 6.45) is 1.05. The number of nitrogen functional groups attached to an aromatic ring is 1. The number of nitrogens with two attached hydrogens (primary N) is 1. The number of aromatic nitrogens is 2. The summed E-state index contributed by atoms with van der Waals surface area (Å²) < 4.78 is 0. The third-order valence-corrected chi connectivity index (χ3v) is 2.43.